The van der Waals surface area contributed by atoms with Gasteiger partial charge in [0.1, 0.15) is 0 Å². The van der Waals surface area contributed by atoms with Gasteiger partial charge < -0.3 is 16.4 Å². The molecule has 7 heteroatoms. The summed E-state index contributed by atoms with van der Waals surface area (Å²) < 4.78 is 37.7. The van der Waals surface area contributed by atoms with Crippen LogP contribution in [0.25, 0.3) is 0 Å². The van der Waals surface area contributed by atoms with Crippen LogP contribution in [0.15, 0.2) is 24.3 Å². The smallest absolute Gasteiger partial charge is 0.335 e. The Morgan fingerprint density at radius 1 is 1.33 bits per heavy atom. The van der Waals surface area contributed by atoms with E-state index in [1.54, 1.807) is 0 Å². The highest BCUT2D eigenvalue weighted by atomic mass is 19.4. The molecule has 0 heterocycles. The molecule has 1 unspecified atom stereocenters. The number of nitrogens with two attached hydrogens (primary N) is 1. The molecule has 1 aromatic rings. The summed E-state index contributed by atoms with van der Waals surface area (Å²) in [7, 11) is 0. The average molecular weight is 303 g/mol. The predicted molar refractivity (Wildman–Crippen MR) is 75.9 cm³/mol. The molecule has 1 rings (SSSR count). The third-order valence-electron chi connectivity index (χ3n) is 3.05. The van der Waals surface area contributed by atoms with E-state index < -0.39 is 17.8 Å². The number of rotatable bonds is 5. The molecule has 4 N–H and O–H groups in total. The number of urea groups is 1. The van der Waals surface area contributed by atoms with Crippen LogP contribution in [-0.2, 0) is 6.18 Å². The number of nitrogens with one attached hydrogen (secondary N) is 2. The predicted octanol–water partition coefficient (Wildman–Crippen LogP) is 3.20. The summed E-state index contributed by atoms with van der Waals surface area (Å²) in [5.74, 6) is 0.181. The zero-order valence-electron chi connectivity index (χ0n) is 12.0. The lowest BCUT2D eigenvalue weighted by molar-refractivity contribution is -0.137. The standard InChI is InChI=1S/C14H20F3N3O/c1-9(2)12(6-7-18)20-13(21)19-11-5-3-4-10(8-11)14(15,16)17/h3-5,8-9,12H,6-7,18H2,1-2H3,(H2,19,20,21). The van der Waals surface area contributed by atoms with Crippen molar-refractivity contribution >= 4 is 11.7 Å². The molecule has 0 aliphatic heterocycles. The Morgan fingerprint density at radius 3 is 2.52 bits per heavy atom. The van der Waals surface area contributed by atoms with Gasteiger partial charge in [-0.2, -0.15) is 13.2 Å². The molecule has 0 aromatic heterocycles. The highest BCUT2D eigenvalue weighted by Crippen LogP contribution is 2.30. The van der Waals surface area contributed by atoms with Crippen LogP contribution >= 0.6 is 0 Å². The van der Waals surface area contributed by atoms with Crippen molar-refractivity contribution in [3.05, 3.63) is 29.8 Å². The van der Waals surface area contributed by atoms with Crippen molar-refractivity contribution < 1.29 is 18.0 Å². The lowest BCUT2D eigenvalue weighted by atomic mass is 10.0. The van der Waals surface area contributed by atoms with Crippen molar-refractivity contribution in [3.63, 3.8) is 0 Å². The number of halogens is 3. The Balaban J connectivity index is 2.70. The molecule has 0 spiro atoms. The molecule has 118 valence electrons. The molecule has 1 aromatic carbocycles. The van der Waals surface area contributed by atoms with Crippen LogP contribution in [0, 0.1) is 5.92 Å². The van der Waals surface area contributed by atoms with Crippen molar-refractivity contribution in [1.29, 1.82) is 0 Å². The SMILES string of the molecule is CC(C)C(CCN)NC(=O)Nc1cccc(C(F)(F)F)c1. The first-order valence-electron chi connectivity index (χ1n) is 6.69. The van der Waals surface area contributed by atoms with Gasteiger partial charge in [-0.25, -0.2) is 4.79 Å². The zero-order valence-corrected chi connectivity index (χ0v) is 12.0. The summed E-state index contributed by atoms with van der Waals surface area (Å²) in [4.78, 5) is 11.8. The average Bonchev–Trinajstić information content (AvgIpc) is 2.37. The van der Waals surface area contributed by atoms with Gasteiger partial charge in [0.15, 0.2) is 0 Å². The van der Waals surface area contributed by atoms with E-state index in [-0.39, 0.29) is 17.6 Å². The molecular formula is C14H20F3N3O. The molecule has 0 aliphatic rings. The monoisotopic (exact) mass is 303 g/mol. The van der Waals surface area contributed by atoms with E-state index in [0.29, 0.717) is 13.0 Å². The molecule has 2 amide bonds. The van der Waals surface area contributed by atoms with Gasteiger partial charge in [0, 0.05) is 11.7 Å². The minimum atomic E-state index is -4.44. The van der Waals surface area contributed by atoms with Gasteiger partial charge in [-0.05, 0) is 37.1 Å². The number of amides is 2. The molecule has 0 saturated heterocycles. The van der Waals surface area contributed by atoms with Crippen LogP contribution in [0.5, 0.6) is 0 Å². The molecule has 21 heavy (non-hydrogen) atoms. The van der Waals surface area contributed by atoms with Gasteiger partial charge in [-0.1, -0.05) is 19.9 Å². The van der Waals surface area contributed by atoms with Crippen LogP contribution < -0.4 is 16.4 Å². The van der Waals surface area contributed by atoms with E-state index in [0.717, 1.165) is 12.1 Å². The Morgan fingerprint density at radius 2 is 2.00 bits per heavy atom. The first-order valence-corrected chi connectivity index (χ1v) is 6.69. The summed E-state index contributed by atoms with van der Waals surface area (Å²) in [5.41, 5.74) is 4.76. The number of carbonyl (C=O) groups is 1. The quantitative estimate of drug-likeness (QED) is 0.782. The fourth-order valence-electron chi connectivity index (χ4n) is 1.86. The van der Waals surface area contributed by atoms with E-state index in [1.807, 2.05) is 13.8 Å². The van der Waals surface area contributed by atoms with E-state index in [1.165, 1.54) is 12.1 Å². The van der Waals surface area contributed by atoms with Gasteiger partial charge >= 0.3 is 12.2 Å². The lowest BCUT2D eigenvalue weighted by Crippen LogP contribution is -2.42. The zero-order chi connectivity index (χ0) is 16.0. The lowest BCUT2D eigenvalue weighted by Gasteiger charge is -2.22. The number of hydrogen-bond acceptors (Lipinski definition) is 2. The number of anilines is 1. The number of alkyl halides is 3. The Bertz CT molecular complexity index is 475. The molecule has 1 atom stereocenters. The van der Waals surface area contributed by atoms with Crippen LogP contribution in [0.4, 0.5) is 23.7 Å². The number of benzene rings is 1. The van der Waals surface area contributed by atoms with Crippen LogP contribution in [0.3, 0.4) is 0 Å². The topological polar surface area (TPSA) is 67.1 Å². The first-order chi connectivity index (χ1) is 9.74. The van der Waals surface area contributed by atoms with E-state index in [9.17, 15) is 18.0 Å². The largest absolute Gasteiger partial charge is 0.416 e. The molecule has 0 radical (unpaired) electrons. The minimum absolute atomic E-state index is 0.0950. The maximum absolute atomic E-state index is 12.6. The van der Waals surface area contributed by atoms with Crippen molar-refractivity contribution in [2.75, 3.05) is 11.9 Å². The summed E-state index contributed by atoms with van der Waals surface area (Å²) >= 11 is 0. The molecule has 0 saturated carbocycles. The van der Waals surface area contributed by atoms with Crippen molar-refractivity contribution in [3.8, 4) is 0 Å². The second kappa shape index (κ2) is 7.31. The molecule has 4 nitrogen and oxygen atoms in total. The molecular weight excluding hydrogens is 283 g/mol. The maximum Gasteiger partial charge on any atom is 0.416 e. The van der Waals surface area contributed by atoms with Crippen LogP contribution in [0.1, 0.15) is 25.8 Å². The van der Waals surface area contributed by atoms with Crippen molar-refractivity contribution in [2.24, 2.45) is 11.7 Å². The third-order valence-corrected chi connectivity index (χ3v) is 3.05. The fraction of sp³-hybridized carbons (Fsp3) is 0.500. The highest BCUT2D eigenvalue weighted by molar-refractivity contribution is 5.89. The summed E-state index contributed by atoms with van der Waals surface area (Å²) in [6, 6.07) is 3.84. The molecule has 0 bridgehead atoms. The van der Waals surface area contributed by atoms with E-state index >= 15 is 0 Å². The van der Waals surface area contributed by atoms with Gasteiger partial charge in [-0.3, -0.25) is 0 Å². The number of hydrogen-bond donors (Lipinski definition) is 3. The third kappa shape index (κ3) is 5.63. The van der Waals surface area contributed by atoms with Crippen LogP contribution in [0.2, 0.25) is 0 Å². The van der Waals surface area contributed by atoms with Gasteiger partial charge in [0.25, 0.3) is 0 Å². The summed E-state index contributed by atoms with van der Waals surface area (Å²) in [6.07, 6.45) is -3.83. The molecule has 0 aliphatic carbocycles. The minimum Gasteiger partial charge on any atom is -0.335 e. The number of carbonyl (C=O) groups excluding carboxylic acids is 1. The Hall–Kier alpha value is -1.76. The second-order valence-electron chi connectivity index (χ2n) is 5.10. The maximum atomic E-state index is 12.6. The van der Waals surface area contributed by atoms with Crippen LogP contribution in [-0.4, -0.2) is 18.6 Å². The van der Waals surface area contributed by atoms with Crippen molar-refractivity contribution in [1.82, 2.24) is 5.32 Å². The van der Waals surface area contributed by atoms with E-state index in [4.69, 9.17) is 5.73 Å². The van der Waals surface area contributed by atoms with Gasteiger partial charge in [0.05, 0.1) is 5.56 Å². The highest BCUT2D eigenvalue weighted by Gasteiger charge is 2.30. The van der Waals surface area contributed by atoms with Crippen molar-refractivity contribution in [2.45, 2.75) is 32.5 Å². The molecule has 0 fully saturated rings. The van der Waals surface area contributed by atoms with Gasteiger partial charge in [-0.15, -0.1) is 0 Å². The fourth-order valence-corrected chi connectivity index (χ4v) is 1.86. The van der Waals surface area contributed by atoms with E-state index in [2.05, 4.69) is 10.6 Å². The van der Waals surface area contributed by atoms with Gasteiger partial charge in [0.2, 0.25) is 0 Å². The second-order valence-corrected chi connectivity index (χ2v) is 5.10. The summed E-state index contributed by atoms with van der Waals surface area (Å²) in [6.45, 7) is 4.29. The Kier molecular flexibility index (Phi) is 6.02. The first kappa shape index (κ1) is 17.3. The normalized spacial score (nSPS) is 13.1. The Labute approximate surface area is 121 Å². The summed E-state index contributed by atoms with van der Waals surface area (Å²) in [5, 5.41) is 5.12.